The molecule has 5 nitrogen and oxygen atoms in total. The molecule has 1 aromatic carbocycles. The fraction of sp³-hybridized carbons (Fsp3) is 0.529. The molecule has 1 heterocycles. The SMILES string of the molecule is COC(C)(C)CC(=O)N1CC(C)C(=O)N(C)c2ccccc21. The molecule has 1 aliphatic heterocycles. The first-order valence-electron chi connectivity index (χ1n) is 7.49. The second kappa shape index (κ2) is 6.08. The molecule has 1 aromatic rings. The fourth-order valence-electron chi connectivity index (χ4n) is 2.64. The topological polar surface area (TPSA) is 49.9 Å². The number of methoxy groups -OCH3 is 1. The molecule has 0 aromatic heterocycles. The van der Waals surface area contributed by atoms with E-state index >= 15 is 0 Å². The highest BCUT2D eigenvalue weighted by molar-refractivity contribution is 6.05. The van der Waals surface area contributed by atoms with Crippen molar-refractivity contribution in [2.24, 2.45) is 5.92 Å². The van der Waals surface area contributed by atoms with Crippen molar-refractivity contribution in [3.63, 3.8) is 0 Å². The van der Waals surface area contributed by atoms with E-state index in [0.717, 1.165) is 11.4 Å². The van der Waals surface area contributed by atoms with Gasteiger partial charge in [0.25, 0.3) is 0 Å². The Morgan fingerprint density at radius 3 is 2.50 bits per heavy atom. The zero-order chi connectivity index (χ0) is 16.5. The van der Waals surface area contributed by atoms with Crippen LogP contribution in [-0.4, -0.2) is 38.1 Å². The van der Waals surface area contributed by atoms with E-state index in [1.165, 1.54) is 0 Å². The summed E-state index contributed by atoms with van der Waals surface area (Å²) >= 11 is 0. The van der Waals surface area contributed by atoms with E-state index in [0.29, 0.717) is 6.54 Å². The summed E-state index contributed by atoms with van der Waals surface area (Å²) in [4.78, 5) is 28.5. The maximum Gasteiger partial charge on any atom is 0.231 e. The van der Waals surface area contributed by atoms with E-state index < -0.39 is 5.60 Å². The normalized spacial score (nSPS) is 19.0. The van der Waals surface area contributed by atoms with Gasteiger partial charge in [0.15, 0.2) is 0 Å². The largest absolute Gasteiger partial charge is 0.378 e. The van der Waals surface area contributed by atoms with Gasteiger partial charge in [-0.15, -0.1) is 0 Å². The minimum Gasteiger partial charge on any atom is -0.378 e. The van der Waals surface area contributed by atoms with Gasteiger partial charge in [-0.2, -0.15) is 0 Å². The second-order valence-electron chi connectivity index (χ2n) is 6.43. The van der Waals surface area contributed by atoms with Gasteiger partial charge in [0, 0.05) is 20.7 Å². The van der Waals surface area contributed by atoms with Crippen molar-refractivity contribution < 1.29 is 14.3 Å². The first-order valence-corrected chi connectivity index (χ1v) is 7.49. The molecule has 0 radical (unpaired) electrons. The van der Waals surface area contributed by atoms with Crippen LogP contribution >= 0.6 is 0 Å². The third-order valence-electron chi connectivity index (χ3n) is 4.17. The molecule has 22 heavy (non-hydrogen) atoms. The van der Waals surface area contributed by atoms with Crippen molar-refractivity contribution in [1.29, 1.82) is 0 Å². The van der Waals surface area contributed by atoms with Crippen LogP contribution in [-0.2, 0) is 14.3 Å². The van der Waals surface area contributed by atoms with Crippen molar-refractivity contribution in [3.8, 4) is 0 Å². The van der Waals surface area contributed by atoms with Gasteiger partial charge in [0.2, 0.25) is 11.8 Å². The van der Waals surface area contributed by atoms with Crippen LogP contribution < -0.4 is 9.80 Å². The van der Waals surface area contributed by atoms with Crippen LogP contribution in [0.2, 0.25) is 0 Å². The quantitative estimate of drug-likeness (QED) is 0.862. The van der Waals surface area contributed by atoms with Gasteiger partial charge in [-0.05, 0) is 26.0 Å². The molecule has 2 rings (SSSR count). The summed E-state index contributed by atoms with van der Waals surface area (Å²) in [6.45, 7) is 6.01. The van der Waals surface area contributed by atoms with Gasteiger partial charge in [-0.1, -0.05) is 19.1 Å². The predicted octanol–water partition coefficient (Wildman–Crippen LogP) is 2.45. The maximum atomic E-state index is 12.8. The molecule has 0 saturated carbocycles. The van der Waals surface area contributed by atoms with E-state index in [9.17, 15) is 9.59 Å². The van der Waals surface area contributed by atoms with Gasteiger partial charge >= 0.3 is 0 Å². The van der Waals surface area contributed by atoms with E-state index in [2.05, 4.69) is 0 Å². The number of amides is 2. The summed E-state index contributed by atoms with van der Waals surface area (Å²) in [5.41, 5.74) is 1.01. The smallest absolute Gasteiger partial charge is 0.231 e. The lowest BCUT2D eigenvalue weighted by Crippen LogP contribution is -2.40. The van der Waals surface area contributed by atoms with Gasteiger partial charge in [-0.25, -0.2) is 0 Å². The average Bonchev–Trinajstić information content (AvgIpc) is 2.58. The zero-order valence-corrected chi connectivity index (χ0v) is 13.9. The molecule has 120 valence electrons. The van der Waals surface area contributed by atoms with Crippen molar-refractivity contribution in [3.05, 3.63) is 24.3 Å². The number of nitrogens with zero attached hydrogens (tertiary/aromatic N) is 2. The number of anilines is 2. The molecular formula is C17H24N2O3. The summed E-state index contributed by atoms with van der Waals surface area (Å²) in [5, 5.41) is 0. The number of hydrogen-bond acceptors (Lipinski definition) is 3. The fourth-order valence-corrected chi connectivity index (χ4v) is 2.64. The minimum absolute atomic E-state index is 0.0220. The third kappa shape index (κ3) is 3.14. The highest BCUT2D eigenvalue weighted by atomic mass is 16.5. The lowest BCUT2D eigenvalue weighted by atomic mass is 10.0. The third-order valence-corrected chi connectivity index (χ3v) is 4.17. The second-order valence-corrected chi connectivity index (χ2v) is 6.43. The molecule has 0 bridgehead atoms. The monoisotopic (exact) mass is 304 g/mol. The lowest BCUT2D eigenvalue weighted by Gasteiger charge is -2.29. The summed E-state index contributed by atoms with van der Waals surface area (Å²) in [7, 11) is 3.36. The highest BCUT2D eigenvalue weighted by Gasteiger charge is 2.33. The Morgan fingerprint density at radius 2 is 1.91 bits per heavy atom. The number of fused-ring (bicyclic) bond motifs is 1. The summed E-state index contributed by atoms with van der Waals surface area (Å²) in [6.07, 6.45) is 0.266. The van der Waals surface area contributed by atoms with Crippen molar-refractivity contribution >= 4 is 23.2 Å². The Labute approximate surface area is 131 Å². The molecule has 5 heteroatoms. The van der Waals surface area contributed by atoms with E-state index in [4.69, 9.17) is 4.74 Å². The number of hydrogen-bond donors (Lipinski definition) is 0. The zero-order valence-electron chi connectivity index (χ0n) is 13.9. The van der Waals surface area contributed by atoms with E-state index in [1.54, 1.807) is 24.0 Å². The van der Waals surface area contributed by atoms with E-state index in [-0.39, 0.29) is 24.2 Å². The minimum atomic E-state index is -0.530. The maximum absolute atomic E-state index is 12.8. The van der Waals surface area contributed by atoms with E-state index in [1.807, 2.05) is 45.0 Å². The Kier molecular flexibility index (Phi) is 4.56. The molecular weight excluding hydrogens is 280 g/mol. The van der Waals surface area contributed by atoms with Gasteiger partial charge < -0.3 is 14.5 Å². The summed E-state index contributed by atoms with van der Waals surface area (Å²) < 4.78 is 5.36. The Balaban J connectivity index is 2.40. The molecule has 1 aliphatic rings. The van der Waals surface area contributed by atoms with Crippen LogP contribution in [0.15, 0.2) is 24.3 Å². The van der Waals surface area contributed by atoms with Crippen LogP contribution in [0.5, 0.6) is 0 Å². The molecule has 0 N–H and O–H groups in total. The molecule has 1 unspecified atom stereocenters. The number of ether oxygens (including phenoxy) is 1. The van der Waals surface area contributed by atoms with Gasteiger partial charge in [0.05, 0.1) is 29.3 Å². The number of rotatable bonds is 3. The average molecular weight is 304 g/mol. The first-order chi connectivity index (χ1) is 10.3. The van der Waals surface area contributed by atoms with Gasteiger partial charge in [0.1, 0.15) is 0 Å². The standard InChI is InChI=1S/C17H24N2O3/c1-12-11-19(15(20)10-17(2,3)22-5)14-9-7-6-8-13(14)18(4)16(12)21/h6-9,12H,10-11H2,1-5H3. The number of carbonyl (C=O) groups excluding carboxylic acids is 2. The van der Waals surface area contributed by atoms with Gasteiger partial charge in [-0.3, -0.25) is 9.59 Å². The molecule has 0 spiro atoms. The Morgan fingerprint density at radius 1 is 1.32 bits per heavy atom. The molecule has 0 fully saturated rings. The van der Waals surface area contributed by atoms with Crippen LogP contribution in [0, 0.1) is 5.92 Å². The molecule has 0 aliphatic carbocycles. The molecule has 1 atom stereocenters. The number of carbonyl (C=O) groups is 2. The molecule has 0 saturated heterocycles. The summed E-state index contributed by atoms with van der Waals surface area (Å²) in [6, 6.07) is 7.51. The lowest BCUT2D eigenvalue weighted by molar-refractivity contribution is -0.124. The highest BCUT2D eigenvalue weighted by Crippen LogP contribution is 2.34. The Bertz CT molecular complexity index is 583. The van der Waals surface area contributed by atoms with Crippen LogP contribution in [0.3, 0.4) is 0 Å². The van der Waals surface area contributed by atoms with Crippen molar-refractivity contribution in [2.45, 2.75) is 32.8 Å². The van der Waals surface area contributed by atoms with Crippen LogP contribution in [0.1, 0.15) is 27.2 Å². The predicted molar refractivity (Wildman–Crippen MR) is 87.1 cm³/mol. The Hall–Kier alpha value is -1.88. The molecule has 2 amide bonds. The first kappa shape index (κ1) is 16.5. The summed E-state index contributed by atoms with van der Waals surface area (Å²) in [5.74, 6) is -0.255. The number of para-hydroxylation sites is 2. The van der Waals surface area contributed by atoms with Crippen molar-refractivity contribution in [1.82, 2.24) is 0 Å². The van der Waals surface area contributed by atoms with Crippen LogP contribution in [0.4, 0.5) is 11.4 Å². The number of benzene rings is 1. The van der Waals surface area contributed by atoms with Crippen LogP contribution in [0.25, 0.3) is 0 Å². The van der Waals surface area contributed by atoms with Crippen molar-refractivity contribution in [2.75, 3.05) is 30.5 Å².